The lowest BCUT2D eigenvalue weighted by Crippen LogP contribution is -2.14. The fourth-order valence-corrected chi connectivity index (χ4v) is 2.54. The highest BCUT2D eigenvalue weighted by Crippen LogP contribution is 2.23. The number of nitrogens with one attached hydrogen (secondary N) is 1. The first-order valence-corrected chi connectivity index (χ1v) is 6.99. The van der Waals surface area contributed by atoms with Crippen LogP contribution in [0.15, 0.2) is 23.6 Å². The molecule has 0 aliphatic rings. The summed E-state index contributed by atoms with van der Waals surface area (Å²) >= 11 is 1.44. The zero-order valence-corrected chi connectivity index (χ0v) is 12.0. The van der Waals surface area contributed by atoms with Gasteiger partial charge < -0.3 is 5.73 Å². The number of aromatic nitrogens is 1. The zero-order chi connectivity index (χ0) is 14.0. The normalized spacial score (nSPS) is 10.7. The summed E-state index contributed by atoms with van der Waals surface area (Å²) in [6.07, 6.45) is 0. The number of rotatable bonds is 3. The van der Waals surface area contributed by atoms with Crippen LogP contribution in [0.2, 0.25) is 0 Å². The Morgan fingerprint density at radius 3 is 2.79 bits per heavy atom. The van der Waals surface area contributed by atoms with E-state index in [2.05, 4.69) is 24.1 Å². The van der Waals surface area contributed by atoms with Crippen molar-refractivity contribution in [2.45, 2.75) is 26.7 Å². The van der Waals surface area contributed by atoms with E-state index in [4.69, 9.17) is 5.73 Å². The van der Waals surface area contributed by atoms with Crippen molar-refractivity contribution in [2.75, 3.05) is 11.1 Å². The molecule has 1 heterocycles. The molecule has 0 bridgehead atoms. The van der Waals surface area contributed by atoms with Gasteiger partial charge in [0, 0.05) is 16.6 Å². The van der Waals surface area contributed by atoms with Crippen LogP contribution in [0, 0.1) is 6.92 Å². The molecule has 0 fully saturated rings. The molecule has 0 unspecified atom stereocenters. The second-order valence-corrected chi connectivity index (χ2v) is 5.56. The van der Waals surface area contributed by atoms with Gasteiger partial charge in [0.1, 0.15) is 0 Å². The van der Waals surface area contributed by atoms with E-state index in [9.17, 15) is 4.79 Å². The molecule has 2 rings (SSSR count). The van der Waals surface area contributed by atoms with E-state index in [1.54, 1.807) is 18.2 Å². The predicted octanol–water partition coefficient (Wildman–Crippen LogP) is 3.41. The molecule has 3 N–H and O–H groups in total. The number of nitrogens with two attached hydrogens (primary N) is 1. The maximum atomic E-state index is 12.2. The quantitative estimate of drug-likeness (QED) is 0.843. The van der Waals surface area contributed by atoms with E-state index >= 15 is 0 Å². The highest BCUT2D eigenvalue weighted by atomic mass is 32.1. The molecule has 0 saturated carbocycles. The maximum absolute atomic E-state index is 12.2. The summed E-state index contributed by atoms with van der Waals surface area (Å²) in [6.45, 7) is 5.98. The number of nitrogen functional groups attached to an aromatic ring is 1. The summed E-state index contributed by atoms with van der Waals surface area (Å²) in [5, 5.41) is 5.40. The highest BCUT2D eigenvalue weighted by molar-refractivity contribution is 7.14. The van der Waals surface area contributed by atoms with Crippen LogP contribution in [-0.4, -0.2) is 10.9 Å². The first kappa shape index (κ1) is 13.5. The number of amides is 1. The van der Waals surface area contributed by atoms with Crippen molar-refractivity contribution in [3.05, 3.63) is 40.4 Å². The summed E-state index contributed by atoms with van der Waals surface area (Å²) < 4.78 is 0. The van der Waals surface area contributed by atoms with Gasteiger partial charge in [0.05, 0.1) is 5.69 Å². The van der Waals surface area contributed by atoms with E-state index in [0.717, 1.165) is 11.3 Å². The molecule has 100 valence electrons. The number of carbonyl (C=O) groups excluding carboxylic acids is 1. The topological polar surface area (TPSA) is 68.0 Å². The number of thiazole rings is 1. The summed E-state index contributed by atoms with van der Waals surface area (Å²) in [4.78, 5) is 16.5. The molecule has 1 aromatic heterocycles. The van der Waals surface area contributed by atoms with Gasteiger partial charge in [0.2, 0.25) is 0 Å². The van der Waals surface area contributed by atoms with Crippen molar-refractivity contribution in [1.29, 1.82) is 0 Å². The number of carbonyl (C=O) groups is 1. The van der Waals surface area contributed by atoms with Gasteiger partial charge >= 0.3 is 0 Å². The smallest absolute Gasteiger partial charge is 0.257 e. The minimum atomic E-state index is -0.172. The summed E-state index contributed by atoms with van der Waals surface area (Å²) in [7, 11) is 0. The molecule has 0 atom stereocenters. The van der Waals surface area contributed by atoms with Crippen LogP contribution in [0.25, 0.3) is 0 Å². The van der Waals surface area contributed by atoms with Crippen molar-refractivity contribution >= 4 is 28.1 Å². The van der Waals surface area contributed by atoms with E-state index in [1.165, 1.54) is 11.3 Å². The first-order valence-electron chi connectivity index (χ1n) is 6.11. The Hall–Kier alpha value is -1.88. The van der Waals surface area contributed by atoms with Crippen molar-refractivity contribution < 1.29 is 4.79 Å². The van der Waals surface area contributed by atoms with Gasteiger partial charge in [-0.05, 0) is 30.5 Å². The number of nitrogens with zero attached hydrogens (tertiary/aromatic N) is 1. The molecule has 0 aliphatic heterocycles. The predicted molar refractivity (Wildman–Crippen MR) is 79.7 cm³/mol. The van der Waals surface area contributed by atoms with Crippen LogP contribution in [0.1, 0.15) is 41.4 Å². The summed E-state index contributed by atoms with van der Waals surface area (Å²) in [6, 6.07) is 5.32. The van der Waals surface area contributed by atoms with Crippen LogP contribution in [0.5, 0.6) is 0 Å². The molecule has 2 aromatic rings. The molecule has 1 aromatic carbocycles. The average Bonchev–Trinajstić information content (AvgIpc) is 2.81. The van der Waals surface area contributed by atoms with Crippen molar-refractivity contribution in [3.8, 4) is 0 Å². The summed E-state index contributed by atoms with van der Waals surface area (Å²) in [5.41, 5.74) is 8.79. The maximum Gasteiger partial charge on any atom is 0.257 e. The second-order valence-electron chi connectivity index (χ2n) is 4.71. The van der Waals surface area contributed by atoms with Crippen molar-refractivity contribution in [2.24, 2.45) is 0 Å². The minimum Gasteiger partial charge on any atom is -0.398 e. The Morgan fingerprint density at radius 2 is 2.16 bits per heavy atom. The monoisotopic (exact) mass is 275 g/mol. The average molecular weight is 275 g/mol. The van der Waals surface area contributed by atoms with Gasteiger partial charge in [-0.2, -0.15) is 0 Å². The fraction of sp³-hybridized carbons (Fsp3) is 0.286. The SMILES string of the molecule is Cc1c(N)cccc1C(=O)Nc1nc(C(C)C)cs1. The van der Waals surface area contributed by atoms with E-state index in [0.29, 0.717) is 22.3 Å². The van der Waals surface area contributed by atoms with E-state index in [-0.39, 0.29) is 5.91 Å². The standard InChI is InChI=1S/C14H17N3OS/c1-8(2)12-7-19-14(16-12)17-13(18)10-5-4-6-11(15)9(10)3/h4-8H,15H2,1-3H3,(H,16,17,18). The van der Waals surface area contributed by atoms with Crippen LogP contribution in [0.4, 0.5) is 10.8 Å². The molecule has 5 heteroatoms. The van der Waals surface area contributed by atoms with E-state index < -0.39 is 0 Å². The molecule has 0 radical (unpaired) electrons. The second kappa shape index (κ2) is 5.40. The van der Waals surface area contributed by atoms with Crippen LogP contribution in [-0.2, 0) is 0 Å². The number of anilines is 2. The number of benzene rings is 1. The Kier molecular flexibility index (Phi) is 3.85. The molecular formula is C14H17N3OS. The van der Waals surface area contributed by atoms with Crippen molar-refractivity contribution in [3.63, 3.8) is 0 Å². The zero-order valence-electron chi connectivity index (χ0n) is 11.2. The molecule has 0 saturated heterocycles. The van der Waals surface area contributed by atoms with Gasteiger partial charge in [0.15, 0.2) is 5.13 Å². The Bertz CT molecular complexity index is 604. The molecule has 0 aliphatic carbocycles. The van der Waals surface area contributed by atoms with Gasteiger partial charge in [-0.3, -0.25) is 10.1 Å². The molecule has 1 amide bonds. The lowest BCUT2D eigenvalue weighted by molar-refractivity contribution is 0.102. The lowest BCUT2D eigenvalue weighted by atomic mass is 10.1. The Balaban J connectivity index is 2.18. The third-order valence-corrected chi connectivity index (χ3v) is 3.73. The van der Waals surface area contributed by atoms with Gasteiger partial charge in [0.25, 0.3) is 5.91 Å². The largest absolute Gasteiger partial charge is 0.398 e. The highest BCUT2D eigenvalue weighted by Gasteiger charge is 2.13. The Morgan fingerprint density at radius 1 is 1.42 bits per heavy atom. The van der Waals surface area contributed by atoms with Gasteiger partial charge in [-0.25, -0.2) is 4.98 Å². The molecule has 4 nitrogen and oxygen atoms in total. The third kappa shape index (κ3) is 2.93. The molecule has 0 spiro atoms. The van der Waals surface area contributed by atoms with Gasteiger partial charge in [-0.15, -0.1) is 11.3 Å². The summed E-state index contributed by atoms with van der Waals surface area (Å²) in [5.74, 6) is 0.186. The minimum absolute atomic E-state index is 0.172. The fourth-order valence-electron chi connectivity index (χ4n) is 1.67. The Labute approximate surface area is 116 Å². The van der Waals surface area contributed by atoms with E-state index in [1.807, 2.05) is 12.3 Å². The molecular weight excluding hydrogens is 258 g/mol. The number of hydrogen-bond donors (Lipinski definition) is 2. The molecule has 19 heavy (non-hydrogen) atoms. The lowest BCUT2D eigenvalue weighted by Gasteiger charge is -2.07. The number of hydrogen-bond acceptors (Lipinski definition) is 4. The van der Waals surface area contributed by atoms with Crippen LogP contribution in [0.3, 0.4) is 0 Å². The van der Waals surface area contributed by atoms with Crippen molar-refractivity contribution in [1.82, 2.24) is 4.98 Å². The third-order valence-electron chi connectivity index (χ3n) is 2.95. The van der Waals surface area contributed by atoms with Crippen LogP contribution >= 0.6 is 11.3 Å². The van der Waals surface area contributed by atoms with Crippen LogP contribution < -0.4 is 11.1 Å². The van der Waals surface area contributed by atoms with Gasteiger partial charge in [-0.1, -0.05) is 19.9 Å². The first-order chi connectivity index (χ1) is 8.99.